The molecular formula is C25H22ClN5O. The van der Waals surface area contributed by atoms with Crippen LogP contribution in [-0.4, -0.2) is 38.9 Å². The molecule has 4 aromatic rings. The number of aromatic nitrogens is 2. The van der Waals surface area contributed by atoms with Gasteiger partial charge in [-0.2, -0.15) is 5.10 Å². The number of hydrogen-bond donors (Lipinski definition) is 3. The van der Waals surface area contributed by atoms with Crippen LogP contribution in [0.2, 0.25) is 5.02 Å². The lowest BCUT2D eigenvalue weighted by Crippen LogP contribution is -2.29. The number of aliphatic hydroxyl groups excluding tert-OH is 1. The fourth-order valence-electron chi connectivity index (χ4n) is 4.64. The SMILES string of the molecule is CN1N=C(c2ccc(-c3ccc(Cl)cc3)cc2)C(O)C1c1nc2cc3c(cc2[nH]1)CNC3. The molecule has 7 heteroatoms. The van der Waals surface area contributed by atoms with Crippen LogP contribution in [0.4, 0.5) is 0 Å². The first-order valence-electron chi connectivity index (χ1n) is 10.6. The Morgan fingerprint density at radius 1 is 0.938 bits per heavy atom. The molecule has 2 aliphatic heterocycles. The Kier molecular flexibility index (Phi) is 4.54. The van der Waals surface area contributed by atoms with Crippen LogP contribution in [0.5, 0.6) is 0 Å². The summed E-state index contributed by atoms with van der Waals surface area (Å²) in [5.41, 5.74) is 8.21. The van der Waals surface area contributed by atoms with E-state index in [0.717, 1.165) is 51.7 Å². The second-order valence-electron chi connectivity index (χ2n) is 8.40. The molecule has 3 N–H and O–H groups in total. The fourth-order valence-corrected chi connectivity index (χ4v) is 4.77. The summed E-state index contributed by atoms with van der Waals surface area (Å²) in [6.45, 7) is 1.75. The number of halogens is 1. The lowest BCUT2D eigenvalue weighted by atomic mass is 9.98. The Hall–Kier alpha value is -3.19. The molecule has 0 spiro atoms. The number of rotatable bonds is 3. The molecule has 2 aliphatic rings. The van der Waals surface area contributed by atoms with E-state index in [4.69, 9.17) is 16.6 Å². The van der Waals surface area contributed by atoms with Gasteiger partial charge in [-0.1, -0.05) is 48.0 Å². The third-order valence-electron chi connectivity index (χ3n) is 6.34. The van der Waals surface area contributed by atoms with Crippen molar-refractivity contribution in [3.8, 4) is 11.1 Å². The average molecular weight is 444 g/mol. The topological polar surface area (TPSA) is 76.5 Å². The monoisotopic (exact) mass is 443 g/mol. The minimum absolute atomic E-state index is 0.360. The number of hydrazone groups is 1. The summed E-state index contributed by atoms with van der Waals surface area (Å²) in [5.74, 6) is 0.725. The van der Waals surface area contributed by atoms with Gasteiger partial charge in [0.1, 0.15) is 18.0 Å². The van der Waals surface area contributed by atoms with Crippen LogP contribution in [0.1, 0.15) is 28.6 Å². The van der Waals surface area contributed by atoms with Crippen LogP contribution in [0.3, 0.4) is 0 Å². The van der Waals surface area contributed by atoms with Crippen LogP contribution in [0.15, 0.2) is 65.8 Å². The Morgan fingerprint density at radius 2 is 1.56 bits per heavy atom. The quantitative estimate of drug-likeness (QED) is 0.442. The number of nitrogens with zero attached hydrogens (tertiary/aromatic N) is 3. The molecule has 0 aliphatic carbocycles. The van der Waals surface area contributed by atoms with E-state index in [-0.39, 0.29) is 6.04 Å². The molecule has 6 rings (SSSR count). The highest BCUT2D eigenvalue weighted by Crippen LogP contribution is 2.33. The van der Waals surface area contributed by atoms with Crippen molar-refractivity contribution in [1.82, 2.24) is 20.3 Å². The first-order chi connectivity index (χ1) is 15.6. The van der Waals surface area contributed by atoms with E-state index in [1.165, 1.54) is 11.1 Å². The molecule has 160 valence electrons. The third-order valence-corrected chi connectivity index (χ3v) is 6.59. The second-order valence-corrected chi connectivity index (χ2v) is 8.83. The van der Waals surface area contributed by atoms with Crippen LogP contribution in [-0.2, 0) is 13.1 Å². The van der Waals surface area contributed by atoms with Gasteiger partial charge in [0.05, 0.1) is 16.7 Å². The molecule has 3 aromatic carbocycles. The van der Waals surface area contributed by atoms with Crippen molar-refractivity contribution in [2.45, 2.75) is 25.2 Å². The van der Waals surface area contributed by atoms with Gasteiger partial charge < -0.3 is 15.4 Å². The predicted octanol–water partition coefficient (Wildman–Crippen LogP) is 4.24. The molecule has 6 nitrogen and oxygen atoms in total. The lowest BCUT2D eigenvalue weighted by molar-refractivity contribution is 0.134. The normalized spacial score (nSPS) is 20.1. The van der Waals surface area contributed by atoms with Gasteiger partial charge in [0.15, 0.2) is 0 Å². The summed E-state index contributed by atoms with van der Waals surface area (Å²) >= 11 is 6.00. The van der Waals surface area contributed by atoms with Gasteiger partial charge in [0, 0.05) is 30.7 Å². The lowest BCUT2D eigenvalue weighted by Gasteiger charge is -2.19. The maximum Gasteiger partial charge on any atom is 0.136 e. The second kappa shape index (κ2) is 7.45. The summed E-state index contributed by atoms with van der Waals surface area (Å²) in [6, 6.07) is 19.8. The Bertz CT molecular complexity index is 1300. The minimum atomic E-state index is -0.782. The predicted molar refractivity (Wildman–Crippen MR) is 127 cm³/mol. The van der Waals surface area contributed by atoms with Crippen molar-refractivity contribution in [3.63, 3.8) is 0 Å². The molecule has 32 heavy (non-hydrogen) atoms. The van der Waals surface area contributed by atoms with Crippen molar-refractivity contribution in [1.29, 1.82) is 0 Å². The van der Waals surface area contributed by atoms with Crippen molar-refractivity contribution < 1.29 is 5.11 Å². The van der Waals surface area contributed by atoms with Crippen LogP contribution in [0, 0.1) is 0 Å². The maximum absolute atomic E-state index is 11.2. The molecule has 2 unspecified atom stereocenters. The van der Waals surface area contributed by atoms with Gasteiger partial charge in [0.2, 0.25) is 0 Å². The Morgan fingerprint density at radius 3 is 2.28 bits per heavy atom. The molecular weight excluding hydrogens is 422 g/mol. The van der Waals surface area contributed by atoms with E-state index in [2.05, 4.69) is 27.5 Å². The average Bonchev–Trinajstić information content (AvgIpc) is 3.49. The summed E-state index contributed by atoms with van der Waals surface area (Å²) in [7, 11) is 1.88. The molecule has 0 radical (unpaired) electrons. The van der Waals surface area contributed by atoms with E-state index in [1.54, 1.807) is 5.01 Å². The fraction of sp³-hybridized carbons (Fsp3) is 0.200. The van der Waals surface area contributed by atoms with E-state index in [0.29, 0.717) is 5.71 Å². The number of imidazole rings is 1. The molecule has 1 aromatic heterocycles. The Labute approximate surface area is 190 Å². The summed E-state index contributed by atoms with van der Waals surface area (Å²) in [6.07, 6.45) is -0.782. The number of fused-ring (bicyclic) bond motifs is 2. The van der Waals surface area contributed by atoms with Gasteiger partial charge in [0.25, 0.3) is 0 Å². The van der Waals surface area contributed by atoms with Gasteiger partial charge in [-0.25, -0.2) is 4.98 Å². The van der Waals surface area contributed by atoms with Gasteiger partial charge >= 0.3 is 0 Å². The number of H-pyrrole nitrogens is 1. The zero-order valence-electron chi connectivity index (χ0n) is 17.5. The first kappa shape index (κ1) is 19.5. The van der Waals surface area contributed by atoms with Crippen LogP contribution < -0.4 is 5.32 Å². The van der Waals surface area contributed by atoms with Crippen LogP contribution in [0.25, 0.3) is 22.2 Å². The number of nitrogens with one attached hydrogen (secondary N) is 2. The van der Waals surface area contributed by atoms with Crippen molar-refractivity contribution in [3.05, 3.63) is 88.2 Å². The minimum Gasteiger partial charge on any atom is -0.384 e. The van der Waals surface area contributed by atoms with Gasteiger partial charge in [-0.3, -0.25) is 5.01 Å². The van der Waals surface area contributed by atoms with E-state index < -0.39 is 6.10 Å². The van der Waals surface area contributed by atoms with Gasteiger partial charge in [-0.15, -0.1) is 0 Å². The number of aliphatic hydroxyl groups is 1. The third kappa shape index (κ3) is 3.19. The van der Waals surface area contributed by atoms with Crippen molar-refractivity contribution >= 4 is 28.3 Å². The Balaban J connectivity index is 1.28. The highest BCUT2D eigenvalue weighted by Gasteiger charge is 2.38. The van der Waals surface area contributed by atoms with E-state index in [1.807, 2.05) is 55.6 Å². The van der Waals surface area contributed by atoms with Crippen LogP contribution >= 0.6 is 11.6 Å². The number of hydrogen-bond acceptors (Lipinski definition) is 5. The maximum atomic E-state index is 11.2. The molecule has 0 fully saturated rings. The molecule has 2 atom stereocenters. The molecule has 0 saturated carbocycles. The molecule has 0 amide bonds. The zero-order valence-corrected chi connectivity index (χ0v) is 18.3. The van der Waals surface area contributed by atoms with Gasteiger partial charge in [-0.05, 0) is 46.5 Å². The smallest absolute Gasteiger partial charge is 0.136 e. The highest BCUT2D eigenvalue weighted by atomic mass is 35.5. The number of aromatic amines is 1. The first-order valence-corrected chi connectivity index (χ1v) is 11.0. The number of benzene rings is 3. The number of likely N-dealkylation sites (N-methyl/N-ethyl adjacent to an activating group) is 1. The van der Waals surface area contributed by atoms with Crippen molar-refractivity contribution in [2.75, 3.05) is 7.05 Å². The highest BCUT2D eigenvalue weighted by molar-refractivity contribution is 6.30. The standard InChI is InChI=1S/C25H22ClN5O/c1-31-23(25-28-20-10-17-12-27-13-18(17)11-21(20)29-25)24(32)22(30-31)16-4-2-14(3-5-16)15-6-8-19(26)9-7-15/h2-11,23-24,27,32H,12-13H2,1H3,(H,28,29). The zero-order chi connectivity index (χ0) is 21.8. The van der Waals surface area contributed by atoms with E-state index in [9.17, 15) is 5.11 Å². The molecule has 0 bridgehead atoms. The largest absolute Gasteiger partial charge is 0.384 e. The summed E-state index contributed by atoms with van der Waals surface area (Å²) < 4.78 is 0. The summed E-state index contributed by atoms with van der Waals surface area (Å²) in [4.78, 5) is 8.20. The van der Waals surface area contributed by atoms with Crippen molar-refractivity contribution in [2.24, 2.45) is 5.10 Å². The molecule has 0 saturated heterocycles. The summed E-state index contributed by atoms with van der Waals surface area (Å²) in [5, 5.41) is 21.7. The molecule has 3 heterocycles. The van der Waals surface area contributed by atoms with E-state index >= 15 is 0 Å².